The standard InChI is InChI=1S/C12H15F2N3O3/c1-20-3-2-15-12(19)17-11(18)7-16-10-5-8(13)4-9(14)6-10/h4-6,16H,2-3,7H2,1H3,(H2,15,17,18,19). The molecule has 0 aliphatic heterocycles. The SMILES string of the molecule is COCCNC(=O)NC(=O)CNc1cc(F)cc(F)c1. The summed E-state index contributed by atoms with van der Waals surface area (Å²) in [5, 5.41) is 6.93. The van der Waals surface area contributed by atoms with Crippen molar-refractivity contribution in [3.63, 3.8) is 0 Å². The Morgan fingerprint density at radius 1 is 1.20 bits per heavy atom. The molecule has 0 aliphatic carbocycles. The second kappa shape index (κ2) is 8.05. The molecule has 3 amide bonds. The zero-order chi connectivity index (χ0) is 15.0. The summed E-state index contributed by atoms with van der Waals surface area (Å²) in [6.45, 7) is 0.293. The Morgan fingerprint density at radius 2 is 1.85 bits per heavy atom. The maximum atomic E-state index is 12.9. The Morgan fingerprint density at radius 3 is 2.45 bits per heavy atom. The van der Waals surface area contributed by atoms with Gasteiger partial charge in [0.15, 0.2) is 0 Å². The molecule has 0 radical (unpaired) electrons. The van der Waals surface area contributed by atoms with Gasteiger partial charge in [-0.15, -0.1) is 0 Å². The van der Waals surface area contributed by atoms with Gasteiger partial charge in [0.2, 0.25) is 5.91 Å². The number of imide groups is 1. The first-order valence-electron chi connectivity index (χ1n) is 5.78. The number of benzene rings is 1. The van der Waals surface area contributed by atoms with Crippen LogP contribution in [0.15, 0.2) is 18.2 Å². The summed E-state index contributed by atoms with van der Waals surface area (Å²) in [7, 11) is 1.48. The van der Waals surface area contributed by atoms with Gasteiger partial charge >= 0.3 is 6.03 Å². The summed E-state index contributed by atoms with van der Waals surface area (Å²) in [6, 6.07) is 2.12. The van der Waals surface area contributed by atoms with Crippen LogP contribution in [0.2, 0.25) is 0 Å². The minimum absolute atomic E-state index is 0.109. The van der Waals surface area contributed by atoms with Crippen molar-refractivity contribution in [1.29, 1.82) is 0 Å². The number of amides is 3. The van der Waals surface area contributed by atoms with Crippen LogP contribution in [0.1, 0.15) is 0 Å². The number of urea groups is 1. The third-order valence-electron chi connectivity index (χ3n) is 2.16. The molecular weight excluding hydrogens is 272 g/mol. The van der Waals surface area contributed by atoms with Gasteiger partial charge in [-0.05, 0) is 12.1 Å². The molecule has 6 nitrogen and oxygen atoms in total. The van der Waals surface area contributed by atoms with Crippen LogP contribution in [0.5, 0.6) is 0 Å². The van der Waals surface area contributed by atoms with Crippen LogP contribution >= 0.6 is 0 Å². The van der Waals surface area contributed by atoms with Crippen molar-refractivity contribution < 1.29 is 23.1 Å². The molecule has 0 bridgehead atoms. The smallest absolute Gasteiger partial charge is 0.321 e. The third kappa shape index (κ3) is 6.10. The van der Waals surface area contributed by atoms with Gasteiger partial charge in [-0.1, -0.05) is 0 Å². The normalized spacial score (nSPS) is 9.95. The lowest BCUT2D eigenvalue weighted by Crippen LogP contribution is -2.42. The topological polar surface area (TPSA) is 79.5 Å². The predicted molar refractivity (Wildman–Crippen MR) is 68.3 cm³/mol. The fourth-order valence-corrected chi connectivity index (χ4v) is 1.32. The Labute approximate surface area is 114 Å². The number of carbonyl (C=O) groups excluding carboxylic acids is 2. The van der Waals surface area contributed by atoms with Crippen molar-refractivity contribution in [2.45, 2.75) is 0 Å². The number of hydrogen-bond donors (Lipinski definition) is 3. The van der Waals surface area contributed by atoms with Crippen LogP contribution in [-0.2, 0) is 9.53 Å². The highest BCUT2D eigenvalue weighted by atomic mass is 19.1. The highest BCUT2D eigenvalue weighted by Crippen LogP contribution is 2.12. The van der Waals surface area contributed by atoms with Gasteiger partial charge in [0.05, 0.1) is 13.2 Å². The number of methoxy groups -OCH3 is 1. The summed E-state index contributed by atoms with van der Waals surface area (Å²) < 4.78 is 30.5. The highest BCUT2D eigenvalue weighted by molar-refractivity contribution is 5.96. The molecule has 0 heterocycles. The van der Waals surface area contributed by atoms with Crippen molar-refractivity contribution in [3.05, 3.63) is 29.8 Å². The molecule has 1 rings (SSSR count). The van der Waals surface area contributed by atoms with E-state index in [1.165, 1.54) is 7.11 Å². The first-order valence-corrected chi connectivity index (χ1v) is 5.78. The third-order valence-corrected chi connectivity index (χ3v) is 2.16. The quantitative estimate of drug-likeness (QED) is 0.678. The molecule has 20 heavy (non-hydrogen) atoms. The van der Waals surface area contributed by atoms with Gasteiger partial charge in [0.1, 0.15) is 11.6 Å². The highest BCUT2D eigenvalue weighted by Gasteiger charge is 2.07. The molecule has 0 saturated heterocycles. The number of ether oxygens (including phenoxy) is 1. The Kier molecular flexibility index (Phi) is 6.38. The lowest BCUT2D eigenvalue weighted by Gasteiger charge is -2.08. The van der Waals surface area contributed by atoms with E-state index in [1.54, 1.807) is 0 Å². The van der Waals surface area contributed by atoms with E-state index in [-0.39, 0.29) is 18.8 Å². The van der Waals surface area contributed by atoms with Crippen LogP contribution in [0, 0.1) is 11.6 Å². The fraction of sp³-hybridized carbons (Fsp3) is 0.333. The van der Waals surface area contributed by atoms with Crippen molar-refractivity contribution in [2.24, 2.45) is 0 Å². The average molecular weight is 287 g/mol. The maximum Gasteiger partial charge on any atom is 0.321 e. The van der Waals surface area contributed by atoms with Crippen molar-refractivity contribution in [3.8, 4) is 0 Å². The van der Waals surface area contributed by atoms with Crippen LogP contribution in [0.4, 0.5) is 19.3 Å². The molecule has 1 aromatic carbocycles. The summed E-state index contributed by atoms with van der Waals surface area (Å²) in [5.41, 5.74) is 0.109. The molecule has 0 spiro atoms. The van der Waals surface area contributed by atoms with Crippen LogP contribution in [0.25, 0.3) is 0 Å². The lowest BCUT2D eigenvalue weighted by molar-refractivity contribution is -0.118. The van der Waals surface area contributed by atoms with Crippen LogP contribution in [-0.4, -0.2) is 38.7 Å². The molecule has 3 N–H and O–H groups in total. The van der Waals surface area contributed by atoms with Crippen LogP contribution in [0.3, 0.4) is 0 Å². The van der Waals surface area contributed by atoms with Crippen LogP contribution < -0.4 is 16.0 Å². The first kappa shape index (κ1) is 15.8. The molecule has 0 aliphatic rings. The summed E-state index contributed by atoms with van der Waals surface area (Å²) in [6.07, 6.45) is 0. The van der Waals surface area contributed by atoms with Crippen molar-refractivity contribution >= 4 is 17.6 Å². The van der Waals surface area contributed by atoms with E-state index in [4.69, 9.17) is 4.74 Å². The van der Waals surface area contributed by atoms with Gasteiger partial charge in [-0.2, -0.15) is 0 Å². The molecule has 0 fully saturated rings. The van der Waals surface area contributed by atoms with Crippen molar-refractivity contribution in [2.75, 3.05) is 32.1 Å². The van der Waals surface area contributed by atoms with E-state index in [0.717, 1.165) is 12.1 Å². The Balaban J connectivity index is 2.34. The second-order valence-corrected chi connectivity index (χ2v) is 3.81. The fourth-order valence-electron chi connectivity index (χ4n) is 1.32. The second-order valence-electron chi connectivity index (χ2n) is 3.81. The number of nitrogens with one attached hydrogen (secondary N) is 3. The maximum absolute atomic E-state index is 12.9. The summed E-state index contributed by atoms with van der Waals surface area (Å²) in [4.78, 5) is 22.6. The molecule has 0 unspecified atom stereocenters. The predicted octanol–water partition coefficient (Wildman–Crippen LogP) is 0.849. The number of rotatable bonds is 6. The molecule has 8 heteroatoms. The average Bonchev–Trinajstić information content (AvgIpc) is 2.35. The first-order chi connectivity index (χ1) is 9.51. The summed E-state index contributed by atoms with van der Waals surface area (Å²) >= 11 is 0. The molecule has 1 aromatic rings. The van der Waals surface area contributed by atoms with E-state index in [2.05, 4.69) is 10.6 Å². The lowest BCUT2D eigenvalue weighted by atomic mass is 10.3. The zero-order valence-corrected chi connectivity index (χ0v) is 10.8. The van der Waals surface area contributed by atoms with Gasteiger partial charge in [-0.25, -0.2) is 13.6 Å². The number of halogens is 2. The molecule has 0 aromatic heterocycles. The number of hydrogen-bond acceptors (Lipinski definition) is 4. The Bertz CT molecular complexity index is 463. The minimum Gasteiger partial charge on any atom is -0.383 e. The van der Waals surface area contributed by atoms with Gasteiger partial charge < -0.3 is 15.4 Å². The van der Waals surface area contributed by atoms with E-state index >= 15 is 0 Å². The van der Waals surface area contributed by atoms with E-state index in [0.29, 0.717) is 12.7 Å². The minimum atomic E-state index is -0.759. The molecule has 0 saturated carbocycles. The number of anilines is 1. The van der Waals surface area contributed by atoms with Gasteiger partial charge in [0.25, 0.3) is 0 Å². The van der Waals surface area contributed by atoms with Crippen molar-refractivity contribution in [1.82, 2.24) is 10.6 Å². The van der Waals surface area contributed by atoms with Gasteiger partial charge in [-0.3, -0.25) is 10.1 Å². The monoisotopic (exact) mass is 287 g/mol. The van der Waals surface area contributed by atoms with Gasteiger partial charge in [0, 0.05) is 25.4 Å². The largest absolute Gasteiger partial charge is 0.383 e. The summed E-state index contributed by atoms with van der Waals surface area (Å²) in [5.74, 6) is -2.15. The zero-order valence-electron chi connectivity index (χ0n) is 10.8. The molecular formula is C12H15F2N3O3. The molecule has 110 valence electrons. The van der Waals surface area contributed by atoms with E-state index in [9.17, 15) is 18.4 Å². The Hall–Kier alpha value is -2.22. The van der Waals surface area contributed by atoms with E-state index in [1.807, 2.05) is 5.32 Å². The number of carbonyl (C=O) groups is 2. The molecule has 0 atom stereocenters. The van der Waals surface area contributed by atoms with E-state index < -0.39 is 23.6 Å².